The molecule has 23 heavy (non-hydrogen) atoms. The maximum absolute atomic E-state index is 13.0. The van der Waals surface area contributed by atoms with Gasteiger partial charge in [-0.3, -0.25) is 4.99 Å². The number of thiazole rings is 1. The monoisotopic (exact) mass is 336 g/mol. The lowest BCUT2D eigenvalue weighted by Gasteiger charge is -2.12. The molecule has 1 heterocycles. The second-order valence-corrected chi connectivity index (χ2v) is 5.90. The second kappa shape index (κ2) is 9.09. The van der Waals surface area contributed by atoms with Crippen molar-refractivity contribution in [3.05, 3.63) is 46.2 Å². The highest BCUT2D eigenvalue weighted by Crippen LogP contribution is 2.11. The van der Waals surface area contributed by atoms with E-state index in [2.05, 4.69) is 26.0 Å². The van der Waals surface area contributed by atoms with E-state index in [1.165, 1.54) is 12.1 Å². The van der Waals surface area contributed by atoms with Crippen molar-refractivity contribution in [2.45, 2.75) is 13.3 Å². The molecule has 0 saturated carbocycles. The Morgan fingerprint density at radius 1 is 1.35 bits per heavy atom. The van der Waals surface area contributed by atoms with Gasteiger partial charge in [-0.1, -0.05) is 6.07 Å². The van der Waals surface area contributed by atoms with Crippen molar-refractivity contribution in [2.75, 3.05) is 26.7 Å². The number of hydrogen-bond acceptors (Lipinski definition) is 4. The standard InChI is InChI=1S/C16H21FN4OS/c1-12-21-14(11-23-12)6-7-19-16(18-2)20-8-9-22-15-5-3-4-13(17)10-15/h3-5,10-11H,6-9H2,1-2H3,(H2,18,19,20). The maximum Gasteiger partial charge on any atom is 0.191 e. The van der Waals surface area contributed by atoms with Crippen LogP contribution in [0.25, 0.3) is 0 Å². The van der Waals surface area contributed by atoms with E-state index in [1.54, 1.807) is 30.5 Å². The van der Waals surface area contributed by atoms with Gasteiger partial charge < -0.3 is 15.4 Å². The number of halogens is 1. The minimum Gasteiger partial charge on any atom is -0.492 e. The smallest absolute Gasteiger partial charge is 0.191 e. The molecule has 124 valence electrons. The fourth-order valence-electron chi connectivity index (χ4n) is 1.95. The lowest BCUT2D eigenvalue weighted by atomic mass is 10.3. The number of hydrogen-bond donors (Lipinski definition) is 2. The van der Waals surface area contributed by atoms with Crippen molar-refractivity contribution < 1.29 is 9.13 Å². The van der Waals surface area contributed by atoms with E-state index in [4.69, 9.17) is 4.74 Å². The molecule has 0 bridgehead atoms. The van der Waals surface area contributed by atoms with Crippen molar-refractivity contribution in [2.24, 2.45) is 4.99 Å². The van der Waals surface area contributed by atoms with Crippen LogP contribution in [-0.4, -0.2) is 37.7 Å². The number of aryl methyl sites for hydroxylation is 1. The van der Waals surface area contributed by atoms with Crippen LogP contribution in [0.2, 0.25) is 0 Å². The predicted octanol–water partition coefficient (Wildman–Crippen LogP) is 2.38. The lowest BCUT2D eigenvalue weighted by molar-refractivity contribution is 0.320. The van der Waals surface area contributed by atoms with Crippen LogP contribution in [0.15, 0.2) is 34.6 Å². The number of rotatable bonds is 7. The zero-order valence-corrected chi connectivity index (χ0v) is 14.1. The van der Waals surface area contributed by atoms with Gasteiger partial charge >= 0.3 is 0 Å². The molecule has 0 fully saturated rings. The number of aliphatic imine (C=N–C) groups is 1. The number of ether oxygens (including phenoxy) is 1. The Balaban J connectivity index is 1.63. The molecule has 0 radical (unpaired) electrons. The largest absolute Gasteiger partial charge is 0.492 e. The van der Waals surface area contributed by atoms with Crippen molar-refractivity contribution in [1.29, 1.82) is 0 Å². The van der Waals surface area contributed by atoms with Crippen LogP contribution in [-0.2, 0) is 6.42 Å². The van der Waals surface area contributed by atoms with Crippen LogP contribution in [0.1, 0.15) is 10.7 Å². The summed E-state index contributed by atoms with van der Waals surface area (Å²) in [5.41, 5.74) is 1.09. The third-order valence-electron chi connectivity index (χ3n) is 3.02. The first-order valence-electron chi connectivity index (χ1n) is 7.41. The van der Waals surface area contributed by atoms with Crippen molar-refractivity contribution in [1.82, 2.24) is 15.6 Å². The summed E-state index contributed by atoms with van der Waals surface area (Å²) >= 11 is 1.66. The Morgan fingerprint density at radius 2 is 2.17 bits per heavy atom. The maximum atomic E-state index is 13.0. The van der Waals surface area contributed by atoms with Gasteiger partial charge in [-0.25, -0.2) is 9.37 Å². The molecule has 1 aromatic heterocycles. The highest BCUT2D eigenvalue weighted by molar-refractivity contribution is 7.09. The van der Waals surface area contributed by atoms with Crippen LogP contribution in [0.5, 0.6) is 5.75 Å². The molecule has 0 amide bonds. The van der Waals surface area contributed by atoms with Crippen LogP contribution >= 0.6 is 11.3 Å². The zero-order chi connectivity index (χ0) is 16.5. The molecule has 5 nitrogen and oxygen atoms in total. The average molecular weight is 336 g/mol. The molecule has 0 saturated heterocycles. The third-order valence-corrected chi connectivity index (χ3v) is 3.85. The molecule has 0 spiro atoms. The van der Waals surface area contributed by atoms with Crippen molar-refractivity contribution in [3.63, 3.8) is 0 Å². The van der Waals surface area contributed by atoms with Gasteiger partial charge in [0, 0.05) is 31.5 Å². The van der Waals surface area contributed by atoms with Crippen molar-refractivity contribution in [3.8, 4) is 5.75 Å². The van der Waals surface area contributed by atoms with Gasteiger partial charge in [0.1, 0.15) is 18.2 Å². The minimum absolute atomic E-state index is 0.301. The first-order valence-corrected chi connectivity index (χ1v) is 8.29. The molecular weight excluding hydrogens is 315 g/mol. The Morgan fingerprint density at radius 3 is 2.87 bits per heavy atom. The normalized spacial score (nSPS) is 11.3. The molecule has 0 aliphatic rings. The minimum atomic E-state index is -0.301. The number of guanidine groups is 1. The van der Waals surface area contributed by atoms with E-state index in [9.17, 15) is 4.39 Å². The highest BCUT2D eigenvalue weighted by Gasteiger charge is 2.01. The quantitative estimate of drug-likeness (QED) is 0.463. The summed E-state index contributed by atoms with van der Waals surface area (Å²) < 4.78 is 18.5. The molecular formula is C16H21FN4OS. The lowest BCUT2D eigenvalue weighted by Crippen LogP contribution is -2.40. The molecule has 2 rings (SSSR count). The number of benzene rings is 1. The Bertz CT molecular complexity index is 645. The van der Waals surface area contributed by atoms with E-state index in [1.807, 2.05) is 6.92 Å². The molecule has 0 atom stereocenters. The number of nitrogens with one attached hydrogen (secondary N) is 2. The van der Waals surface area contributed by atoms with Gasteiger partial charge in [-0.2, -0.15) is 0 Å². The topological polar surface area (TPSA) is 58.5 Å². The Labute approximate surface area is 139 Å². The fraction of sp³-hybridized carbons (Fsp3) is 0.375. The average Bonchev–Trinajstić information content (AvgIpc) is 2.95. The Kier molecular flexibility index (Phi) is 6.80. The van der Waals surface area contributed by atoms with E-state index in [-0.39, 0.29) is 5.82 Å². The van der Waals surface area contributed by atoms with Gasteiger partial charge in [0.2, 0.25) is 0 Å². The summed E-state index contributed by atoms with van der Waals surface area (Å²) in [7, 11) is 1.72. The molecule has 2 N–H and O–H groups in total. The van der Waals surface area contributed by atoms with Gasteiger partial charge in [-0.05, 0) is 19.1 Å². The number of nitrogens with zero attached hydrogens (tertiary/aromatic N) is 2. The zero-order valence-electron chi connectivity index (χ0n) is 13.3. The second-order valence-electron chi connectivity index (χ2n) is 4.84. The first-order chi connectivity index (χ1) is 11.2. The molecule has 0 aliphatic carbocycles. The van der Waals surface area contributed by atoms with Crippen LogP contribution in [0, 0.1) is 12.7 Å². The summed E-state index contributed by atoms with van der Waals surface area (Å²) in [6.07, 6.45) is 0.852. The summed E-state index contributed by atoms with van der Waals surface area (Å²) in [5.74, 6) is 0.929. The van der Waals surface area contributed by atoms with Crippen LogP contribution in [0.4, 0.5) is 4.39 Å². The van der Waals surface area contributed by atoms with Crippen LogP contribution < -0.4 is 15.4 Å². The Hall–Kier alpha value is -2.15. The molecule has 1 aromatic carbocycles. The molecule has 7 heteroatoms. The SMILES string of the molecule is CN=C(NCCOc1cccc(F)c1)NCCc1csc(C)n1. The summed E-state index contributed by atoms with van der Waals surface area (Å²) in [6, 6.07) is 6.11. The van der Waals surface area contributed by atoms with E-state index < -0.39 is 0 Å². The summed E-state index contributed by atoms with van der Waals surface area (Å²) in [5, 5.41) is 9.52. The number of aromatic nitrogens is 1. The van der Waals surface area contributed by atoms with Gasteiger partial charge in [-0.15, -0.1) is 11.3 Å². The van der Waals surface area contributed by atoms with E-state index >= 15 is 0 Å². The third kappa shape index (κ3) is 6.23. The molecule has 2 aromatic rings. The van der Waals surface area contributed by atoms with E-state index in [0.717, 1.165) is 23.7 Å². The van der Waals surface area contributed by atoms with Gasteiger partial charge in [0.25, 0.3) is 0 Å². The first kappa shape index (κ1) is 17.2. The predicted molar refractivity (Wildman–Crippen MR) is 91.8 cm³/mol. The van der Waals surface area contributed by atoms with Gasteiger partial charge in [0.15, 0.2) is 5.96 Å². The fourth-order valence-corrected chi connectivity index (χ4v) is 2.59. The molecule has 0 unspecified atom stereocenters. The summed E-state index contributed by atoms with van der Waals surface area (Å²) in [4.78, 5) is 8.56. The van der Waals surface area contributed by atoms with Gasteiger partial charge in [0.05, 0.1) is 17.2 Å². The van der Waals surface area contributed by atoms with Crippen molar-refractivity contribution >= 4 is 17.3 Å². The highest BCUT2D eigenvalue weighted by atomic mass is 32.1. The van der Waals surface area contributed by atoms with Crippen LogP contribution in [0.3, 0.4) is 0 Å². The molecule has 0 aliphatic heterocycles. The van der Waals surface area contributed by atoms with E-state index in [0.29, 0.717) is 24.9 Å². The summed E-state index contributed by atoms with van der Waals surface area (Å²) in [6.45, 7) is 3.76.